The number of nitrogens with zero attached hydrogens (tertiary/aromatic N) is 2. The molecule has 1 heterocycles. The topological polar surface area (TPSA) is 49.9 Å². The van der Waals surface area contributed by atoms with E-state index in [0.717, 1.165) is 30.9 Å². The number of hydrogen-bond donors (Lipinski definition) is 0. The first-order valence-electron chi connectivity index (χ1n) is 9.69. The first-order valence-corrected chi connectivity index (χ1v) is 9.69. The molecule has 2 rings (SSSR count). The Morgan fingerprint density at radius 3 is 2.54 bits per heavy atom. The first-order chi connectivity index (χ1) is 12.3. The zero-order valence-corrected chi connectivity index (χ0v) is 16.8. The lowest BCUT2D eigenvalue weighted by atomic mass is 9.82. The third-order valence-corrected chi connectivity index (χ3v) is 5.46. The van der Waals surface area contributed by atoms with Gasteiger partial charge in [-0.05, 0) is 49.8 Å². The van der Waals surface area contributed by atoms with E-state index in [1.807, 2.05) is 24.8 Å². The molecule has 26 heavy (non-hydrogen) atoms. The van der Waals surface area contributed by atoms with E-state index in [0.29, 0.717) is 19.4 Å². The molecule has 0 unspecified atom stereocenters. The number of carbonyl (C=O) groups excluding carboxylic acids is 2. The number of rotatable bonds is 8. The van der Waals surface area contributed by atoms with E-state index in [-0.39, 0.29) is 23.8 Å². The molecule has 0 N–H and O–H groups in total. The summed E-state index contributed by atoms with van der Waals surface area (Å²) in [6.45, 7) is 12.6. The van der Waals surface area contributed by atoms with Crippen molar-refractivity contribution in [1.29, 1.82) is 0 Å². The van der Waals surface area contributed by atoms with Crippen LogP contribution in [0.15, 0.2) is 18.2 Å². The molecule has 0 bridgehead atoms. The molecule has 5 nitrogen and oxygen atoms in total. The second-order valence-electron chi connectivity index (χ2n) is 7.42. The van der Waals surface area contributed by atoms with E-state index in [1.165, 1.54) is 5.56 Å². The predicted molar refractivity (Wildman–Crippen MR) is 105 cm³/mol. The maximum absolute atomic E-state index is 12.4. The number of amides is 2. The van der Waals surface area contributed by atoms with Gasteiger partial charge in [-0.3, -0.25) is 9.59 Å². The fourth-order valence-electron chi connectivity index (χ4n) is 3.20. The van der Waals surface area contributed by atoms with Gasteiger partial charge < -0.3 is 14.5 Å². The molecule has 1 aromatic carbocycles. The summed E-state index contributed by atoms with van der Waals surface area (Å²) in [5.74, 6) is 0.853. The van der Waals surface area contributed by atoms with Crippen LogP contribution in [0.3, 0.4) is 0 Å². The van der Waals surface area contributed by atoms with E-state index in [1.54, 1.807) is 4.90 Å². The normalized spacial score (nSPS) is 14.0. The molecule has 0 radical (unpaired) electrons. The highest BCUT2D eigenvalue weighted by molar-refractivity contribution is 5.98. The van der Waals surface area contributed by atoms with Gasteiger partial charge in [0.1, 0.15) is 5.75 Å². The Labute approximate surface area is 157 Å². The third kappa shape index (κ3) is 4.37. The molecular formula is C21H32N2O3. The molecule has 2 amide bonds. The van der Waals surface area contributed by atoms with Crippen LogP contribution in [0.1, 0.15) is 59.4 Å². The summed E-state index contributed by atoms with van der Waals surface area (Å²) in [5, 5.41) is 0. The number of hydrogen-bond acceptors (Lipinski definition) is 3. The maximum atomic E-state index is 12.4. The molecule has 1 aliphatic heterocycles. The Hall–Kier alpha value is -2.04. The van der Waals surface area contributed by atoms with Crippen LogP contribution in [0.25, 0.3) is 0 Å². The molecule has 1 aromatic rings. The number of ether oxygens (including phenoxy) is 1. The van der Waals surface area contributed by atoms with Crippen molar-refractivity contribution in [2.75, 3.05) is 31.1 Å². The highest BCUT2D eigenvalue weighted by Gasteiger charge is 2.28. The minimum absolute atomic E-state index is 0.0416. The Kier molecular flexibility index (Phi) is 6.68. The summed E-state index contributed by atoms with van der Waals surface area (Å²) in [6.07, 6.45) is 2.13. The summed E-state index contributed by atoms with van der Waals surface area (Å²) in [7, 11) is 0. The average Bonchev–Trinajstić information content (AvgIpc) is 2.64. The number of carbonyl (C=O) groups is 2. The molecule has 0 aromatic heterocycles. The van der Waals surface area contributed by atoms with E-state index in [2.05, 4.69) is 32.9 Å². The molecule has 144 valence electrons. The van der Waals surface area contributed by atoms with Crippen molar-refractivity contribution in [3.8, 4) is 5.75 Å². The fourth-order valence-corrected chi connectivity index (χ4v) is 3.20. The highest BCUT2D eigenvalue weighted by atomic mass is 16.5. The van der Waals surface area contributed by atoms with Crippen LogP contribution in [0, 0.1) is 0 Å². The Bertz CT molecular complexity index is 651. The maximum Gasteiger partial charge on any atom is 0.265 e. The van der Waals surface area contributed by atoms with Crippen molar-refractivity contribution in [2.24, 2.45) is 0 Å². The quantitative estimate of drug-likeness (QED) is 0.709. The van der Waals surface area contributed by atoms with Gasteiger partial charge in [-0.25, -0.2) is 0 Å². The van der Waals surface area contributed by atoms with Crippen molar-refractivity contribution in [1.82, 2.24) is 4.90 Å². The Morgan fingerprint density at radius 1 is 1.23 bits per heavy atom. The van der Waals surface area contributed by atoms with Gasteiger partial charge in [0.05, 0.1) is 5.69 Å². The van der Waals surface area contributed by atoms with Crippen molar-refractivity contribution >= 4 is 17.5 Å². The lowest BCUT2D eigenvalue weighted by molar-refractivity contribution is -0.131. The summed E-state index contributed by atoms with van der Waals surface area (Å²) in [4.78, 5) is 28.2. The van der Waals surface area contributed by atoms with Crippen molar-refractivity contribution in [2.45, 2.75) is 59.3 Å². The van der Waals surface area contributed by atoms with Crippen LogP contribution in [0.2, 0.25) is 0 Å². The SMILES string of the molecule is CCN(CC)C(=O)CCCN1C(=O)COc2ccc(C(C)(C)CC)cc21. The van der Waals surface area contributed by atoms with E-state index in [4.69, 9.17) is 4.74 Å². The molecule has 0 fully saturated rings. The lowest BCUT2D eigenvalue weighted by Gasteiger charge is -2.32. The predicted octanol–water partition coefficient (Wildman–Crippen LogP) is 3.75. The van der Waals surface area contributed by atoms with Crippen LogP contribution in [0.4, 0.5) is 5.69 Å². The fraction of sp³-hybridized carbons (Fsp3) is 0.619. The number of benzene rings is 1. The largest absolute Gasteiger partial charge is 0.482 e. The number of fused-ring (bicyclic) bond motifs is 1. The molecule has 1 aliphatic rings. The van der Waals surface area contributed by atoms with Gasteiger partial charge in [0.2, 0.25) is 5.91 Å². The van der Waals surface area contributed by atoms with Gasteiger partial charge in [0.25, 0.3) is 5.91 Å². The zero-order chi connectivity index (χ0) is 19.3. The minimum atomic E-state index is -0.0424. The Morgan fingerprint density at radius 2 is 1.92 bits per heavy atom. The van der Waals surface area contributed by atoms with Crippen LogP contribution >= 0.6 is 0 Å². The summed E-state index contributed by atoms with van der Waals surface area (Å²) in [5.41, 5.74) is 2.07. The summed E-state index contributed by atoms with van der Waals surface area (Å²) >= 11 is 0. The van der Waals surface area contributed by atoms with Crippen molar-refractivity contribution < 1.29 is 14.3 Å². The van der Waals surface area contributed by atoms with Crippen LogP contribution < -0.4 is 9.64 Å². The average molecular weight is 360 g/mol. The molecule has 0 aliphatic carbocycles. The van der Waals surface area contributed by atoms with Gasteiger partial charge in [0.15, 0.2) is 6.61 Å². The first kappa shape index (κ1) is 20.3. The minimum Gasteiger partial charge on any atom is -0.482 e. The van der Waals surface area contributed by atoms with E-state index >= 15 is 0 Å². The molecule has 0 spiro atoms. The van der Waals surface area contributed by atoms with Crippen molar-refractivity contribution in [3.63, 3.8) is 0 Å². The smallest absolute Gasteiger partial charge is 0.265 e. The number of anilines is 1. The molecule has 0 saturated heterocycles. The van der Waals surface area contributed by atoms with Crippen LogP contribution in [-0.4, -0.2) is 43.0 Å². The molecule has 0 atom stereocenters. The molecule has 5 heteroatoms. The second kappa shape index (κ2) is 8.56. The van der Waals surface area contributed by atoms with Gasteiger partial charge >= 0.3 is 0 Å². The van der Waals surface area contributed by atoms with Crippen molar-refractivity contribution in [3.05, 3.63) is 23.8 Å². The van der Waals surface area contributed by atoms with Gasteiger partial charge in [-0.15, -0.1) is 0 Å². The second-order valence-corrected chi connectivity index (χ2v) is 7.42. The van der Waals surface area contributed by atoms with Gasteiger partial charge in [0, 0.05) is 26.1 Å². The van der Waals surface area contributed by atoms with Gasteiger partial charge in [-0.1, -0.05) is 26.8 Å². The van der Waals surface area contributed by atoms with E-state index in [9.17, 15) is 9.59 Å². The van der Waals surface area contributed by atoms with Crippen LogP contribution in [-0.2, 0) is 15.0 Å². The van der Waals surface area contributed by atoms with Crippen LogP contribution in [0.5, 0.6) is 5.75 Å². The molecular weight excluding hydrogens is 328 g/mol. The Balaban J connectivity index is 2.14. The third-order valence-electron chi connectivity index (χ3n) is 5.46. The van der Waals surface area contributed by atoms with E-state index < -0.39 is 0 Å². The summed E-state index contributed by atoms with van der Waals surface area (Å²) < 4.78 is 5.60. The standard InChI is InChI=1S/C21H32N2O3/c1-6-21(4,5)16-11-12-18-17(14-16)23(20(25)15-26-18)13-9-10-19(24)22(7-2)8-3/h11-12,14H,6-10,13,15H2,1-5H3. The lowest BCUT2D eigenvalue weighted by Crippen LogP contribution is -2.40. The zero-order valence-electron chi connectivity index (χ0n) is 16.8. The molecule has 0 saturated carbocycles. The highest BCUT2D eigenvalue weighted by Crippen LogP contribution is 2.37. The summed E-state index contributed by atoms with van der Waals surface area (Å²) in [6, 6.07) is 6.12. The monoisotopic (exact) mass is 360 g/mol. The van der Waals surface area contributed by atoms with Gasteiger partial charge in [-0.2, -0.15) is 0 Å².